The van der Waals surface area contributed by atoms with Crippen molar-refractivity contribution in [2.45, 2.75) is 6.54 Å². The molecule has 0 N–H and O–H groups in total. The second-order valence-corrected chi connectivity index (χ2v) is 5.06. The highest BCUT2D eigenvalue weighted by Crippen LogP contribution is 2.15. The van der Waals surface area contributed by atoms with E-state index in [1.54, 1.807) is 48.5 Å². The molecule has 0 radical (unpaired) electrons. The van der Waals surface area contributed by atoms with Gasteiger partial charge in [-0.25, -0.2) is 9.59 Å². The second-order valence-electron chi connectivity index (χ2n) is 4.63. The van der Waals surface area contributed by atoms with Crippen LogP contribution in [0.4, 0.5) is 0 Å². The van der Waals surface area contributed by atoms with Gasteiger partial charge in [0.05, 0.1) is 17.4 Å². The smallest absolute Gasteiger partial charge is 0.422 e. The minimum absolute atomic E-state index is 0.263. The molecule has 0 bridgehead atoms. The lowest BCUT2D eigenvalue weighted by molar-refractivity contribution is 0.287. The zero-order valence-electron chi connectivity index (χ0n) is 11.5. The number of ether oxygens (including phenoxy) is 1. The summed E-state index contributed by atoms with van der Waals surface area (Å²) < 4.78 is 11.7. The highest BCUT2D eigenvalue weighted by atomic mass is 35.5. The zero-order valence-corrected chi connectivity index (χ0v) is 12.2. The van der Waals surface area contributed by atoms with E-state index in [4.69, 9.17) is 20.8 Å². The lowest BCUT2D eigenvalue weighted by Gasteiger charge is -2.09. The molecule has 5 nitrogen and oxygen atoms in total. The number of rotatable bonds is 4. The van der Waals surface area contributed by atoms with Crippen molar-refractivity contribution in [3.8, 4) is 5.75 Å². The Morgan fingerprint density at radius 3 is 2.55 bits per heavy atom. The summed E-state index contributed by atoms with van der Waals surface area (Å²) in [7, 11) is 0. The lowest BCUT2D eigenvalue weighted by atomic mass is 10.2. The molecule has 0 saturated carbocycles. The van der Waals surface area contributed by atoms with Gasteiger partial charge in [0.15, 0.2) is 0 Å². The van der Waals surface area contributed by atoms with E-state index >= 15 is 0 Å². The van der Waals surface area contributed by atoms with Gasteiger partial charge in [-0.05, 0) is 36.4 Å². The monoisotopic (exact) mass is 317 g/mol. The van der Waals surface area contributed by atoms with E-state index in [-0.39, 0.29) is 13.2 Å². The van der Waals surface area contributed by atoms with Gasteiger partial charge in [-0.2, -0.15) is 0 Å². The van der Waals surface area contributed by atoms with Gasteiger partial charge < -0.3 is 9.15 Å². The first-order valence-corrected chi connectivity index (χ1v) is 7.04. The van der Waals surface area contributed by atoms with Gasteiger partial charge in [-0.1, -0.05) is 23.7 Å². The summed E-state index contributed by atoms with van der Waals surface area (Å²) in [5.74, 6) is -0.0393. The fourth-order valence-corrected chi connectivity index (χ4v) is 2.29. The van der Waals surface area contributed by atoms with Gasteiger partial charge in [0.25, 0.3) is 0 Å². The Morgan fingerprint density at radius 1 is 1.05 bits per heavy atom. The lowest BCUT2D eigenvalue weighted by Crippen LogP contribution is -2.27. The molecule has 22 heavy (non-hydrogen) atoms. The van der Waals surface area contributed by atoms with Crippen molar-refractivity contribution in [1.29, 1.82) is 0 Å². The minimum atomic E-state index is -0.691. The van der Waals surface area contributed by atoms with Crippen molar-refractivity contribution in [2.75, 3.05) is 6.61 Å². The van der Waals surface area contributed by atoms with Crippen LogP contribution < -0.4 is 16.1 Å². The van der Waals surface area contributed by atoms with Crippen molar-refractivity contribution in [1.82, 2.24) is 4.57 Å². The molecule has 0 aliphatic rings. The maximum Gasteiger partial charge on any atom is 0.422 e. The Labute approximate surface area is 130 Å². The van der Waals surface area contributed by atoms with Crippen molar-refractivity contribution in [3.63, 3.8) is 0 Å². The van der Waals surface area contributed by atoms with Crippen molar-refractivity contribution in [3.05, 3.63) is 74.5 Å². The molecule has 0 aliphatic carbocycles. The van der Waals surface area contributed by atoms with Gasteiger partial charge in [0.1, 0.15) is 12.4 Å². The molecule has 3 rings (SSSR count). The number of halogens is 1. The van der Waals surface area contributed by atoms with Crippen LogP contribution in [0.3, 0.4) is 0 Å². The number of para-hydroxylation sites is 1. The minimum Gasteiger partial charge on any atom is -0.492 e. The molecular formula is C16H12ClNO4. The molecule has 0 atom stereocenters. The molecule has 0 saturated heterocycles. The van der Waals surface area contributed by atoms with E-state index in [9.17, 15) is 9.59 Å². The number of fused-ring (bicyclic) bond motifs is 1. The van der Waals surface area contributed by atoms with E-state index in [1.807, 2.05) is 0 Å². The summed E-state index contributed by atoms with van der Waals surface area (Å²) in [6.45, 7) is 0.533. The summed E-state index contributed by atoms with van der Waals surface area (Å²) in [4.78, 5) is 23.5. The number of hydrogen-bond donors (Lipinski definition) is 0. The molecular weight excluding hydrogens is 306 g/mol. The standard InChI is InChI=1S/C16H12ClNO4/c17-11-5-7-12(8-6-11)21-10-9-18-14-4-2-1-3-13(14)15(19)22-16(18)20/h1-8H,9-10H2. The van der Waals surface area contributed by atoms with Crippen LogP contribution in [0.1, 0.15) is 0 Å². The Kier molecular flexibility index (Phi) is 3.98. The van der Waals surface area contributed by atoms with Gasteiger partial charge in [-0.15, -0.1) is 0 Å². The SMILES string of the molecule is O=c1oc(=O)n(CCOc2ccc(Cl)cc2)c2ccccc12. The summed E-state index contributed by atoms with van der Waals surface area (Å²) in [5, 5.41) is 0.994. The number of nitrogens with zero attached hydrogens (tertiary/aromatic N) is 1. The van der Waals surface area contributed by atoms with Crippen LogP contribution in [0, 0.1) is 0 Å². The van der Waals surface area contributed by atoms with Crippen LogP contribution in [0.25, 0.3) is 10.9 Å². The number of benzene rings is 2. The Hall–Kier alpha value is -2.53. The first-order chi connectivity index (χ1) is 10.6. The predicted molar refractivity (Wildman–Crippen MR) is 83.7 cm³/mol. The molecule has 1 heterocycles. The summed E-state index contributed by atoms with van der Waals surface area (Å²) in [6.07, 6.45) is 0. The first-order valence-electron chi connectivity index (χ1n) is 6.66. The molecule has 2 aromatic carbocycles. The molecule has 3 aromatic rings. The molecule has 6 heteroatoms. The fourth-order valence-electron chi connectivity index (χ4n) is 2.17. The average molecular weight is 318 g/mol. The number of aromatic nitrogens is 1. The fraction of sp³-hybridized carbons (Fsp3) is 0.125. The predicted octanol–water partition coefficient (Wildman–Crippen LogP) is 2.69. The van der Waals surface area contributed by atoms with Crippen LogP contribution in [0.2, 0.25) is 5.02 Å². The number of hydrogen-bond acceptors (Lipinski definition) is 4. The van der Waals surface area contributed by atoms with Crippen LogP contribution in [0.5, 0.6) is 5.75 Å². The Balaban J connectivity index is 1.83. The highest BCUT2D eigenvalue weighted by Gasteiger charge is 2.08. The topological polar surface area (TPSA) is 61.4 Å². The van der Waals surface area contributed by atoms with Crippen molar-refractivity contribution < 1.29 is 9.15 Å². The van der Waals surface area contributed by atoms with E-state index in [0.717, 1.165) is 0 Å². The Morgan fingerprint density at radius 2 is 1.77 bits per heavy atom. The van der Waals surface area contributed by atoms with Gasteiger partial charge in [0.2, 0.25) is 0 Å². The van der Waals surface area contributed by atoms with Crippen LogP contribution in [-0.4, -0.2) is 11.2 Å². The largest absolute Gasteiger partial charge is 0.492 e. The van der Waals surface area contributed by atoms with Crippen LogP contribution >= 0.6 is 11.6 Å². The molecule has 0 amide bonds. The normalized spacial score (nSPS) is 10.8. The summed E-state index contributed by atoms with van der Waals surface area (Å²) >= 11 is 5.80. The Bertz CT molecular complexity index is 912. The van der Waals surface area contributed by atoms with Gasteiger partial charge in [-0.3, -0.25) is 4.57 Å². The summed E-state index contributed by atoms with van der Waals surface area (Å²) in [5.41, 5.74) is -0.0982. The average Bonchev–Trinajstić information content (AvgIpc) is 2.52. The van der Waals surface area contributed by atoms with Crippen molar-refractivity contribution >= 4 is 22.5 Å². The quantitative estimate of drug-likeness (QED) is 0.742. The first kappa shape index (κ1) is 14.4. The highest BCUT2D eigenvalue weighted by molar-refractivity contribution is 6.30. The molecule has 0 spiro atoms. The van der Waals surface area contributed by atoms with E-state index in [0.29, 0.717) is 21.7 Å². The molecule has 0 unspecified atom stereocenters. The molecule has 0 aliphatic heterocycles. The van der Waals surface area contributed by atoms with E-state index < -0.39 is 11.4 Å². The van der Waals surface area contributed by atoms with E-state index in [1.165, 1.54) is 4.57 Å². The maximum atomic E-state index is 11.9. The summed E-state index contributed by atoms with van der Waals surface area (Å²) in [6, 6.07) is 13.7. The van der Waals surface area contributed by atoms with Crippen LogP contribution in [0.15, 0.2) is 62.5 Å². The second kappa shape index (κ2) is 6.07. The van der Waals surface area contributed by atoms with Crippen molar-refractivity contribution in [2.24, 2.45) is 0 Å². The maximum absolute atomic E-state index is 11.9. The molecule has 112 valence electrons. The van der Waals surface area contributed by atoms with E-state index in [2.05, 4.69) is 0 Å². The third-order valence-electron chi connectivity index (χ3n) is 3.21. The van der Waals surface area contributed by atoms with Crippen LogP contribution in [-0.2, 0) is 6.54 Å². The van der Waals surface area contributed by atoms with Gasteiger partial charge in [0, 0.05) is 5.02 Å². The van der Waals surface area contributed by atoms with Gasteiger partial charge >= 0.3 is 11.4 Å². The zero-order chi connectivity index (χ0) is 15.5. The third kappa shape index (κ3) is 2.89. The molecule has 1 aromatic heterocycles. The molecule has 0 fully saturated rings. The third-order valence-corrected chi connectivity index (χ3v) is 3.46.